The molecule has 0 unspecified atom stereocenters. The molecule has 1 fully saturated rings. The van der Waals surface area contributed by atoms with E-state index in [2.05, 4.69) is 0 Å². The average Bonchev–Trinajstić information content (AvgIpc) is 2.62. The topological polar surface area (TPSA) is 140 Å². The van der Waals surface area contributed by atoms with Crippen molar-refractivity contribution in [1.29, 1.82) is 0 Å². The van der Waals surface area contributed by atoms with Crippen molar-refractivity contribution >= 4 is 0 Å². The molecule has 6 N–H and O–H groups in total. The van der Waals surface area contributed by atoms with Gasteiger partial charge in [-0.05, 0) is 0 Å². The average molecular weight is 254 g/mol. The molecule has 1 heterocycles. The zero-order valence-corrected chi connectivity index (χ0v) is 9.09. The molecular weight excluding hydrogens is 236 g/mol. The normalized spacial score (nSPS) is 37.1. The van der Waals surface area contributed by atoms with Crippen LogP contribution in [0.3, 0.4) is 0 Å². The molecule has 0 bridgehead atoms. The third-order valence-corrected chi connectivity index (χ3v) is 2.49. The Morgan fingerprint density at radius 2 is 1.71 bits per heavy atom. The van der Waals surface area contributed by atoms with Gasteiger partial charge in [0.15, 0.2) is 6.29 Å². The van der Waals surface area contributed by atoms with Crippen LogP contribution in [0.4, 0.5) is 0 Å². The second kappa shape index (κ2) is 6.57. The molecule has 1 aliphatic rings. The molecule has 0 spiro atoms. The second-order valence-electron chi connectivity index (χ2n) is 3.87. The smallest absolute Gasteiger partial charge is 0.186 e. The lowest BCUT2D eigenvalue weighted by atomic mass is 10.1. The van der Waals surface area contributed by atoms with Crippen LogP contribution in [0.1, 0.15) is 0 Å². The van der Waals surface area contributed by atoms with Crippen molar-refractivity contribution < 1.29 is 40.1 Å². The molecule has 6 atom stereocenters. The summed E-state index contributed by atoms with van der Waals surface area (Å²) in [6.07, 6.45) is -7.63. The van der Waals surface area contributed by atoms with Gasteiger partial charge in [0.2, 0.25) is 0 Å². The maximum atomic E-state index is 9.52. The maximum absolute atomic E-state index is 9.52. The molecule has 1 rings (SSSR count). The predicted octanol–water partition coefficient (Wildman–Crippen LogP) is -3.84. The van der Waals surface area contributed by atoms with Crippen molar-refractivity contribution in [2.45, 2.75) is 36.8 Å². The van der Waals surface area contributed by atoms with Gasteiger partial charge in [0.05, 0.1) is 19.8 Å². The summed E-state index contributed by atoms with van der Waals surface area (Å²) in [5, 5.41) is 54.6. The quantitative estimate of drug-likeness (QED) is 0.283. The number of aliphatic hydroxyl groups excluding tert-OH is 6. The Labute approximate surface area is 97.6 Å². The Bertz CT molecular complexity index is 225. The zero-order chi connectivity index (χ0) is 13.0. The molecule has 8 nitrogen and oxygen atoms in total. The third kappa shape index (κ3) is 3.57. The minimum atomic E-state index is -1.40. The van der Waals surface area contributed by atoms with Crippen LogP contribution in [0.5, 0.6) is 0 Å². The van der Waals surface area contributed by atoms with Gasteiger partial charge in [-0.15, -0.1) is 0 Å². The first-order valence-corrected chi connectivity index (χ1v) is 5.22. The van der Waals surface area contributed by atoms with Gasteiger partial charge in [0, 0.05) is 0 Å². The minimum absolute atomic E-state index is 0.285. The largest absolute Gasteiger partial charge is 0.394 e. The highest BCUT2D eigenvalue weighted by molar-refractivity contribution is 4.90. The van der Waals surface area contributed by atoms with Gasteiger partial charge in [0.1, 0.15) is 30.5 Å². The monoisotopic (exact) mass is 254 g/mol. The molecular formula is C9H18O8. The first-order valence-electron chi connectivity index (χ1n) is 5.22. The molecule has 0 saturated carbocycles. The Hall–Kier alpha value is -0.320. The lowest BCUT2D eigenvalue weighted by molar-refractivity contribution is -0.192. The molecule has 0 amide bonds. The fourth-order valence-electron chi connectivity index (χ4n) is 1.49. The van der Waals surface area contributed by atoms with E-state index in [1.807, 2.05) is 0 Å². The van der Waals surface area contributed by atoms with Crippen molar-refractivity contribution in [3.05, 3.63) is 0 Å². The van der Waals surface area contributed by atoms with E-state index in [1.165, 1.54) is 0 Å². The lowest BCUT2D eigenvalue weighted by Gasteiger charge is -2.18. The van der Waals surface area contributed by atoms with Crippen LogP contribution in [0.15, 0.2) is 0 Å². The fraction of sp³-hybridized carbons (Fsp3) is 1.00. The van der Waals surface area contributed by atoms with Crippen molar-refractivity contribution in [3.8, 4) is 0 Å². The summed E-state index contributed by atoms with van der Waals surface area (Å²) in [4.78, 5) is 0. The summed E-state index contributed by atoms with van der Waals surface area (Å²) in [6.45, 7) is -1.42. The third-order valence-electron chi connectivity index (χ3n) is 2.49. The molecule has 17 heavy (non-hydrogen) atoms. The highest BCUT2D eigenvalue weighted by Crippen LogP contribution is 2.24. The molecule has 0 aromatic carbocycles. The first-order chi connectivity index (χ1) is 8.01. The first kappa shape index (κ1) is 14.7. The predicted molar refractivity (Wildman–Crippen MR) is 52.8 cm³/mol. The Morgan fingerprint density at radius 1 is 1.06 bits per heavy atom. The summed E-state index contributed by atoms with van der Waals surface area (Å²) in [6, 6.07) is 0. The number of hydrogen-bond donors (Lipinski definition) is 6. The molecule has 102 valence electrons. The van der Waals surface area contributed by atoms with E-state index in [1.54, 1.807) is 0 Å². The minimum Gasteiger partial charge on any atom is -0.394 e. The van der Waals surface area contributed by atoms with Crippen LogP contribution in [-0.4, -0.2) is 87.3 Å². The van der Waals surface area contributed by atoms with Crippen molar-refractivity contribution in [2.24, 2.45) is 0 Å². The van der Waals surface area contributed by atoms with Gasteiger partial charge >= 0.3 is 0 Å². The summed E-state index contributed by atoms with van der Waals surface area (Å²) in [7, 11) is 0. The van der Waals surface area contributed by atoms with Crippen LogP contribution in [0.25, 0.3) is 0 Å². The highest BCUT2D eigenvalue weighted by atomic mass is 16.7. The molecule has 1 saturated heterocycles. The molecule has 0 aromatic heterocycles. The van der Waals surface area contributed by atoms with Crippen LogP contribution in [0.2, 0.25) is 0 Å². The van der Waals surface area contributed by atoms with Crippen molar-refractivity contribution in [3.63, 3.8) is 0 Å². The number of rotatable bonds is 6. The number of hydrogen-bond acceptors (Lipinski definition) is 8. The molecule has 0 radical (unpaired) electrons. The van der Waals surface area contributed by atoms with E-state index in [0.29, 0.717) is 0 Å². The maximum Gasteiger partial charge on any atom is 0.186 e. The van der Waals surface area contributed by atoms with Gasteiger partial charge in [-0.1, -0.05) is 0 Å². The highest BCUT2D eigenvalue weighted by Gasteiger charge is 2.46. The van der Waals surface area contributed by atoms with Crippen molar-refractivity contribution in [1.82, 2.24) is 0 Å². The van der Waals surface area contributed by atoms with Gasteiger partial charge in [0.25, 0.3) is 0 Å². The van der Waals surface area contributed by atoms with Crippen LogP contribution >= 0.6 is 0 Å². The van der Waals surface area contributed by atoms with Gasteiger partial charge in [-0.3, -0.25) is 0 Å². The Kier molecular flexibility index (Phi) is 5.70. The summed E-state index contributed by atoms with van der Waals surface area (Å²) >= 11 is 0. The van der Waals surface area contributed by atoms with E-state index in [-0.39, 0.29) is 6.61 Å². The fourth-order valence-corrected chi connectivity index (χ4v) is 1.49. The van der Waals surface area contributed by atoms with Crippen molar-refractivity contribution in [2.75, 3.05) is 19.8 Å². The molecule has 8 heteroatoms. The molecule has 1 aliphatic heterocycles. The second-order valence-corrected chi connectivity index (χ2v) is 3.87. The van der Waals surface area contributed by atoms with E-state index < -0.39 is 50.0 Å². The van der Waals surface area contributed by atoms with Gasteiger partial charge < -0.3 is 40.1 Å². The number of aliphatic hydroxyl groups is 6. The number of ether oxygens (including phenoxy) is 2. The van der Waals surface area contributed by atoms with Crippen LogP contribution in [-0.2, 0) is 9.47 Å². The molecule has 0 aliphatic carbocycles. The zero-order valence-electron chi connectivity index (χ0n) is 9.09. The standard InChI is InChI=1S/C9H18O8/c10-1-4(12)3-16-9-7(15)6(14)8(17-9)5(13)2-11/h4-15H,1-3H2/t4-,5-,6-,7-,8+,9-/m1/s1. The summed E-state index contributed by atoms with van der Waals surface area (Å²) in [5.41, 5.74) is 0. The Morgan fingerprint density at radius 3 is 2.24 bits per heavy atom. The van der Waals surface area contributed by atoms with E-state index in [0.717, 1.165) is 0 Å². The van der Waals surface area contributed by atoms with E-state index >= 15 is 0 Å². The van der Waals surface area contributed by atoms with E-state index in [4.69, 9.17) is 24.8 Å². The van der Waals surface area contributed by atoms with Crippen LogP contribution < -0.4 is 0 Å². The van der Waals surface area contributed by atoms with Gasteiger partial charge in [-0.25, -0.2) is 0 Å². The lowest BCUT2D eigenvalue weighted by Crippen LogP contribution is -2.40. The van der Waals surface area contributed by atoms with Crippen LogP contribution in [0, 0.1) is 0 Å². The summed E-state index contributed by atoms with van der Waals surface area (Å²) < 4.78 is 9.94. The Balaban J connectivity index is 2.47. The molecule has 0 aromatic rings. The van der Waals surface area contributed by atoms with Gasteiger partial charge in [-0.2, -0.15) is 0 Å². The van der Waals surface area contributed by atoms with E-state index in [9.17, 15) is 15.3 Å². The SMILES string of the molecule is OC[C@@H](O)CO[C@@H]1O[C@@H]([C@H](O)CO)[C@H](O)[C@H]1O. The summed E-state index contributed by atoms with van der Waals surface area (Å²) in [5.74, 6) is 0.